The Morgan fingerprint density at radius 2 is 0.909 bits per heavy atom. The minimum Gasteiger partial charge on any atom is -0.370 e. The third-order valence-corrected chi connectivity index (χ3v) is 7.39. The van der Waals surface area contributed by atoms with Crippen LogP contribution in [0.25, 0.3) is 0 Å². The number of aliphatic imine (C=N–C) groups is 4. The van der Waals surface area contributed by atoms with Crippen LogP contribution in [0.4, 0.5) is 0 Å². The summed E-state index contributed by atoms with van der Waals surface area (Å²) in [6.45, 7) is 14.1. The van der Waals surface area contributed by atoms with Crippen LogP contribution in [-0.4, -0.2) is 72.9 Å². The highest BCUT2D eigenvalue weighted by atomic mass is 35.5. The number of hydrogen-bond donors (Lipinski definition) is 4. The monoisotopic (exact) mass is 644 g/mol. The lowest BCUT2D eigenvalue weighted by Crippen LogP contribution is -2.47. The van der Waals surface area contributed by atoms with Crippen molar-refractivity contribution in [1.29, 1.82) is 0 Å². The zero-order valence-corrected chi connectivity index (χ0v) is 28.2. The first kappa shape index (κ1) is 36.7. The van der Waals surface area contributed by atoms with Gasteiger partial charge < -0.3 is 21.3 Å². The first-order chi connectivity index (χ1) is 21.3. The third-order valence-electron chi connectivity index (χ3n) is 6.89. The lowest BCUT2D eigenvalue weighted by molar-refractivity contribution is 0.451. The van der Waals surface area contributed by atoms with Crippen LogP contribution in [0.1, 0.15) is 64.5 Å². The normalized spacial score (nSPS) is 12.8. The molecule has 2 aromatic carbocycles. The summed E-state index contributed by atoms with van der Waals surface area (Å²) in [5.74, 6) is 2.19. The van der Waals surface area contributed by atoms with Crippen LogP contribution >= 0.6 is 23.2 Å². The molecular weight excluding hydrogens is 595 g/mol. The Morgan fingerprint density at radius 3 is 1.23 bits per heavy atom. The average Bonchev–Trinajstić information content (AvgIpc) is 3.02. The van der Waals surface area contributed by atoms with Crippen LogP contribution < -0.4 is 22.1 Å². The van der Waals surface area contributed by atoms with Crippen LogP contribution in [-0.2, 0) is 13.1 Å². The van der Waals surface area contributed by atoms with Crippen molar-refractivity contribution in [1.82, 2.24) is 20.4 Å². The molecule has 0 aliphatic heterocycles. The summed E-state index contributed by atoms with van der Waals surface area (Å²) < 4.78 is 0. The van der Waals surface area contributed by atoms with E-state index >= 15 is 0 Å². The van der Waals surface area contributed by atoms with Gasteiger partial charge >= 0.3 is 0 Å². The van der Waals surface area contributed by atoms with E-state index in [1.807, 2.05) is 48.5 Å². The SMILES string of the molecule is CCN(CC)C(=NCCCCCCN=C(NC(N)=NCc1ccc(Cl)cc1)N(CC)CC)NC(N)=NCc1ccc(Cl)cc1. The molecule has 0 saturated carbocycles. The summed E-state index contributed by atoms with van der Waals surface area (Å²) in [7, 11) is 0. The number of nitrogens with two attached hydrogens (primary N) is 2. The fraction of sp³-hybridized carbons (Fsp3) is 0.500. The maximum Gasteiger partial charge on any atom is 0.200 e. The predicted octanol–water partition coefficient (Wildman–Crippen LogP) is 5.46. The number of benzene rings is 2. The number of nitrogens with zero attached hydrogens (tertiary/aromatic N) is 6. The molecule has 44 heavy (non-hydrogen) atoms. The zero-order valence-electron chi connectivity index (χ0n) is 26.7. The molecule has 0 bridgehead atoms. The molecule has 12 heteroatoms. The van der Waals surface area contributed by atoms with Crippen molar-refractivity contribution in [3.63, 3.8) is 0 Å². The van der Waals surface area contributed by atoms with Crippen LogP contribution in [0.3, 0.4) is 0 Å². The third kappa shape index (κ3) is 14.3. The maximum atomic E-state index is 6.19. The molecule has 0 radical (unpaired) electrons. The molecule has 0 fully saturated rings. The van der Waals surface area contributed by atoms with E-state index in [9.17, 15) is 0 Å². The van der Waals surface area contributed by atoms with Gasteiger partial charge in [0.15, 0.2) is 11.9 Å². The lowest BCUT2D eigenvalue weighted by Gasteiger charge is -2.23. The smallest absolute Gasteiger partial charge is 0.200 e. The van der Waals surface area contributed by atoms with Crippen LogP contribution in [0, 0.1) is 0 Å². The molecule has 242 valence electrons. The maximum absolute atomic E-state index is 6.19. The Kier molecular flexibility index (Phi) is 17.7. The zero-order chi connectivity index (χ0) is 32.2. The number of hydrogen-bond acceptors (Lipinski definition) is 4. The predicted molar refractivity (Wildman–Crippen MR) is 189 cm³/mol. The molecule has 0 aliphatic rings. The molecule has 0 unspecified atom stereocenters. The minimum atomic E-state index is 0.344. The Morgan fingerprint density at radius 1 is 0.568 bits per heavy atom. The van der Waals surface area contributed by atoms with Gasteiger partial charge in [-0.1, -0.05) is 60.3 Å². The van der Waals surface area contributed by atoms with Gasteiger partial charge in [0.1, 0.15) is 0 Å². The molecule has 0 spiro atoms. The summed E-state index contributed by atoms with van der Waals surface area (Å²) in [6.07, 6.45) is 4.07. The number of nitrogens with one attached hydrogen (secondary N) is 2. The van der Waals surface area contributed by atoms with Crippen molar-refractivity contribution >= 4 is 47.0 Å². The van der Waals surface area contributed by atoms with Crippen molar-refractivity contribution in [2.75, 3.05) is 39.3 Å². The van der Waals surface area contributed by atoms with Gasteiger partial charge in [0.25, 0.3) is 0 Å². The van der Waals surface area contributed by atoms with Gasteiger partial charge in [-0.25, -0.2) is 9.98 Å². The number of rotatable bonds is 15. The van der Waals surface area contributed by atoms with Crippen molar-refractivity contribution < 1.29 is 0 Å². The van der Waals surface area contributed by atoms with E-state index < -0.39 is 0 Å². The fourth-order valence-corrected chi connectivity index (χ4v) is 4.52. The topological polar surface area (TPSA) is 132 Å². The second-order valence-electron chi connectivity index (χ2n) is 10.1. The minimum absolute atomic E-state index is 0.344. The molecule has 0 atom stereocenters. The molecule has 2 rings (SSSR count). The summed E-state index contributed by atoms with van der Waals surface area (Å²) in [4.78, 5) is 22.9. The number of unbranched alkanes of at least 4 members (excludes halogenated alkanes) is 3. The largest absolute Gasteiger partial charge is 0.370 e. The van der Waals surface area contributed by atoms with E-state index in [4.69, 9.17) is 44.7 Å². The average molecular weight is 646 g/mol. The Labute approximate surface area is 273 Å². The van der Waals surface area contributed by atoms with Crippen LogP contribution in [0.5, 0.6) is 0 Å². The second-order valence-corrected chi connectivity index (χ2v) is 10.9. The van der Waals surface area contributed by atoms with Gasteiger partial charge in [-0.05, 0) is 75.9 Å². The molecule has 0 heterocycles. The summed E-state index contributed by atoms with van der Waals surface area (Å²) in [6, 6.07) is 15.2. The lowest BCUT2D eigenvalue weighted by atomic mass is 10.2. The van der Waals surface area contributed by atoms with E-state index in [-0.39, 0.29) is 0 Å². The van der Waals surface area contributed by atoms with Gasteiger partial charge in [0, 0.05) is 49.3 Å². The first-order valence-corrected chi connectivity index (χ1v) is 16.3. The van der Waals surface area contributed by atoms with E-state index in [1.165, 1.54) is 0 Å². The number of halogens is 2. The van der Waals surface area contributed by atoms with Gasteiger partial charge in [0.05, 0.1) is 13.1 Å². The number of guanidine groups is 4. The van der Waals surface area contributed by atoms with Gasteiger partial charge in [0.2, 0.25) is 11.9 Å². The van der Waals surface area contributed by atoms with Crippen LogP contribution in [0.15, 0.2) is 68.5 Å². The summed E-state index contributed by atoms with van der Waals surface area (Å²) >= 11 is 11.9. The summed E-state index contributed by atoms with van der Waals surface area (Å²) in [5, 5.41) is 7.81. The van der Waals surface area contributed by atoms with E-state index in [0.717, 1.165) is 74.9 Å². The van der Waals surface area contributed by atoms with Gasteiger partial charge in [-0.2, -0.15) is 0 Å². The molecule has 0 aromatic heterocycles. The standard InChI is InChI=1S/C32H50Cl2N10/c1-5-43(6-2)31(41-29(35)39-23-25-13-17-27(33)18-14-25)37-21-11-9-10-12-22-38-32(44(7-3)8-4)42-30(36)40-24-26-15-19-28(34)20-16-26/h13-20H,5-12,21-24H2,1-4H3,(H3,35,37,39,41)(H3,36,38,40,42). The Bertz CT molecular complexity index is 1110. The van der Waals surface area contributed by atoms with E-state index in [2.05, 4.69) is 58.1 Å². The van der Waals surface area contributed by atoms with Crippen LogP contribution in [0.2, 0.25) is 10.0 Å². The first-order valence-electron chi connectivity index (χ1n) is 15.5. The highest BCUT2D eigenvalue weighted by Crippen LogP contribution is 2.11. The molecule has 0 amide bonds. The van der Waals surface area contributed by atoms with Crippen molar-refractivity contribution in [3.8, 4) is 0 Å². The molecule has 0 saturated heterocycles. The fourth-order valence-electron chi connectivity index (χ4n) is 4.27. The molecule has 0 aliphatic carbocycles. The molecule has 2 aromatic rings. The molecule has 6 N–H and O–H groups in total. The quantitative estimate of drug-likeness (QED) is 0.116. The molecule has 10 nitrogen and oxygen atoms in total. The highest BCUT2D eigenvalue weighted by molar-refractivity contribution is 6.30. The summed E-state index contributed by atoms with van der Waals surface area (Å²) in [5.41, 5.74) is 14.5. The van der Waals surface area contributed by atoms with E-state index in [0.29, 0.717) is 48.1 Å². The van der Waals surface area contributed by atoms with E-state index in [1.54, 1.807) is 0 Å². The second kappa shape index (κ2) is 21.2. The highest BCUT2D eigenvalue weighted by Gasteiger charge is 2.10. The Balaban J connectivity index is 1.84. The van der Waals surface area contributed by atoms with Crippen molar-refractivity contribution in [2.45, 2.75) is 66.5 Å². The molecular formula is C32H50Cl2N10. The van der Waals surface area contributed by atoms with Crippen molar-refractivity contribution in [3.05, 3.63) is 69.7 Å². The van der Waals surface area contributed by atoms with Gasteiger partial charge in [-0.15, -0.1) is 0 Å². The van der Waals surface area contributed by atoms with Crippen molar-refractivity contribution in [2.24, 2.45) is 31.4 Å². The van der Waals surface area contributed by atoms with Gasteiger partial charge in [-0.3, -0.25) is 20.6 Å². The Hall–Kier alpha value is -3.50.